The summed E-state index contributed by atoms with van der Waals surface area (Å²) in [6, 6.07) is 0. The van der Waals surface area contributed by atoms with Gasteiger partial charge in [0.15, 0.2) is 0 Å². The number of hydrogen-bond donors (Lipinski definition) is 0. The predicted octanol–water partition coefficient (Wildman–Crippen LogP) is 1.51. The molecular weight excluding hydrogens is 150 g/mol. The topological polar surface area (TPSA) is 15.8 Å². The van der Waals surface area contributed by atoms with Crippen LogP contribution in [0.3, 0.4) is 0 Å². The van der Waals surface area contributed by atoms with Crippen LogP contribution in [0.25, 0.3) is 0 Å². The molecule has 1 unspecified atom stereocenters. The third kappa shape index (κ3) is 1.50. The number of piperidine rings is 1. The molecule has 0 aromatic rings. The summed E-state index contributed by atoms with van der Waals surface area (Å²) in [5.41, 5.74) is 0.195. The normalized spacial score (nSPS) is 36.8. The Morgan fingerprint density at radius 2 is 1.75 bits per heavy atom. The van der Waals surface area contributed by atoms with Gasteiger partial charge < -0.3 is 9.64 Å². The molecule has 2 aliphatic heterocycles. The van der Waals surface area contributed by atoms with Crippen LogP contribution in [0.2, 0.25) is 0 Å². The van der Waals surface area contributed by atoms with Crippen molar-refractivity contribution in [3.63, 3.8) is 0 Å². The zero-order chi connectivity index (χ0) is 8.77. The van der Waals surface area contributed by atoms with Crippen LogP contribution < -0.4 is 0 Å². The first-order chi connectivity index (χ1) is 5.59. The molecular formula is C10H19NO. The highest BCUT2D eigenvalue weighted by Gasteiger charge is 2.52. The number of likely N-dealkylation sites (tertiary alicyclic amines) is 1. The van der Waals surface area contributed by atoms with Crippen LogP contribution >= 0.6 is 0 Å². The van der Waals surface area contributed by atoms with E-state index >= 15 is 0 Å². The average molecular weight is 169 g/mol. The van der Waals surface area contributed by atoms with Crippen LogP contribution in [0.1, 0.15) is 26.7 Å². The molecule has 0 N–H and O–H groups in total. The molecule has 0 aromatic carbocycles. The molecule has 2 aliphatic rings. The fraction of sp³-hybridized carbons (Fsp3) is 1.00. The fourth-order valence-corrected chi connectivity index (χ4v) is 2.29. The summed E-state index contributed by atoms with van der Waals surface area (Å²) in [4.78, 5) is 2.41. The Morgan fingerprint density at radius 1 is 1.25 bits per heavy atom. The maximum atomic E-state index is 5.66. The minimum Gasteiger partial charge on any atom is -0.366 e. The predicted molar refractivity (Wildman–Crippen MR) is 49.2 cm³/mol. The van der Waals surface area contributed by atoms with Gasteiger partial charge in [0.1, 0.15) is 0 Å². The second-order valence-electron chi connectivity index (χ2n) is 4.78. The van der Waals surface area contributed by atoms with Gasteiger partial charge >= 0.3 is 0 Å². The number of nitrogens with zero attached hydrogens (tertiary/aromatic N) is 1. The molecule has 2 saturated heterocycles. The zero-order valence-electron chi connectivity index (χ0n) is 8.34. The SMILES string of the molecule is CN1CCC(C2OC2(C)C)CC1. The van der Waals surface area contributed by atoms with E-state index in [-0.39, 0.29) is 5.60 Å². The van der Waals surface area contributed by atoms with Crippen molar-refractivity contribution in [3.8, 4) is 0 Å². The standard InChI is InChI=1S/C10H19NO/c1-10(2)9(12-10)8-4-6-11(3)7-5-8/h8-9H,4-7H2,1-3H3. The van der Waals surface area contributed by atoms with E-state index in [9.17, 15) is 0 Å². The first-order valence-corrected chi connectivity index (χ1v) is 4.96. The lowest BCUT2D eigenvalue weighted by Gasteiger charge is -2.28. The molecule has 0 radical (unpaired) electrons. The Morgan fingerprint density at radius 3 is 2.17 bits per heavy atom. The molecule has 1 atom stereocenters. The van der Waals surface area contributed by atoms with E-state index < -0.39 is 0 Å². The lowest BCUT2D eigenvalue weighted by Crippen LogP contribution is -2.33. The van der Waals surface area contributed by atoms with Crippen molar-refractivity contribution in [1.82, 2.24) is 4.90 Å². The van der Waals surface area contributed by atoms with Crippen LogP contribution in [0.5, 0.6) is 0 Å². The molecule has 0 saturated carbocycles. The number of ether oxygens (including phenoxy) is 1. The molecule has 70 valence electrons. The number of rotatable bonds is 1. The van der Waals surface area contributed by atoms with Gasteiger partial charge in [0.05, 0.1) is 11.7 Å². The summed E-state index contributed by atoms with van der Waals surface area (Å²) >= 11 is 0. The quantitative estimate of drug-likeness (QED) is 0.553. The van der Waals surface area contributed by atoms with Gasteiger partial charge in [0.25, 0.3) is 0 Å². The smallest absolute Gasteiger partial charge is 0.0897 e. The summed E-state index contributed by atoms with van der Waals surface area (Å²) in [5, 5.41) is 0. The molecule has 0 bridgehead atoms. The number of hydrogen-bond acceptors (Lipinski definition) is 2. The third-order valence-electron chi connectivity index (χ3n) is 3.25. The number of epoxide rings is 1. The van der Waals surface area contributed by atoms with E-state index in [0.29, 0.717) is 6.10 Å². The van der Waals surface area contributed by atoms with Crippen LogP contribution in [-0.4, -0.2) is 36.7 Å². The molecule has 2 rings (SSSR count). The van der Waals surface area contributed by atoms with Crippen LogP contribution in [0.15, 0.2) is 0 Å². The fourth-order valence-electron chi connectivity index (χ4n) is 2.29. The molecule has 0 amide bonds. The molecule has 0 aromatic heterocycles. The second kappa shape index (κ2) is 2.71. The van der Waals surface area contributed by atoms with Crippen molar-refractivity contribution in [3.05, 3.63) is 0 Å². The Bertz CT molecular complexity index is 171. The first-order valence-electron chi connectivity index (χ1n) is 4.96. The van der Waals surface area contributed by atoms with Crippen LogP contribution in [0.4, 0.5) is 0 Å². The van der Waals surface area contributed by atoms with Crippen molar-refractivity contribution < 1.29 is 4.74 Å². The maximum absolute atomic E-state index is 5.66. The van der Waals surface area contributed by atoms with Gasteiger partial charge in [-0.15, -0.1) is 0 Å². The molecule has 2 nitrogen and oxygen atoms in total. The van der Waals surface area contributed by atoms with Crippen molar-refractivity contribution in [1.29, 1.82) is 0 Å². The molecule has 0 spiro atoms. The van der Waals surface area contributed by atoms with Gasteiger partial charge in [-0.1, -0.05) is 0 Å². The average Bonchev–Trinajstić information content (AvgIpc) is 2.61. The highest BCUT2D eigenvalue weighted by molar-refractivity contribution is 5.00. The van der Waals surface area contributed by atoms with Crippen molar-refractivity contribution in [2.45, 2.75) is 38.4 Å². The maximum Gasteiger partial charge on any atom is 0.0897 e. The Hall–Kier alpha value is -0.0800. The van der Waals surface area contributed by atoms with E-state index in [2.05, 4.69) is 25.8 Å². The highest BCUT2D eigenvalue weighted by atomic mass is 16.6. The summed E-state index contributed by atoms with van der Waals surface area (Å²) in [7, 11) is 2.20. The first kappa shape index (κ1) is 8.52. The molecule has 2 fully saturated rings. The van der Waals surface area contributed by atoms with Gasteiger partial charge in [-0.05, 0) is 52.7 Å². The lowest BCUT2D eigenvalue weighted by molar-refractivity contribution is 0.187. The monoisotopic (exact) mass is 169 g/mol. The summed E-state index contributed by atoms with van der Waals surface area (Å²) < 4.78 is 5.66. The van der Waals surface area contributed by atoms with Gasteiger partial charge in [-0.2, -0.15) is 0 Å². The Kier molecular flexibility index (Phi) is 1.92. The highest BCUT2D eigenvalue weighted by Crippen LogP contribution is 2.43. The summed E-state index contributed by atoms with van der Waals surface area (Å²) in [6.45, 7) is 6.91. The van der Waals surface area contributed by atoms with E-state index in [0.717, 1.165) is 5.92 Å². The molecule has 2 heteroatoms. The van der Waals surface area contributed by atoms with E-state index in [1.165, 1.54) is 25.9 Å². The third-order valence-corrected chi connectivity index (χ3v) is 3.25. The van der Waals surface area contributed by atoms with Gasteiger partial charge in [-0.25, -0.2) is 0 Å². The Labute approximate surface area is 74.9 Å². The van der Waals surface area contributed by atoms with Gasteiger partial charge in [-0.3, -0.25) is 0 Å². The summed E-state index contributed by atoms with van der Waals surface area (Å²) in [6.07, 6.45) is 3.21. The van der Waals surface area contributed by atoms with Gasteiger partial charge in [0.2, 0.25) is 0 Å². The van der Waals surface area contributed by atoms with E-state index in [4.69, 9.17) is 4.74 Å². The lowest BCUT2D eigenvalue weighted by atomic mass is 9.89. The Balaban J connectivity index is 1.84. The van der Waals surface area contributed by atoms with Crippen molar-refractivity contribution in [2.24, 2.45) is 5.92 Å². The van der Waals surface area contributed by atoms with Crippen molar-refractivity contribution in [2.75, 3.05) is 20.1 Å². The molecule has 12 heavy (non-hydrogen) atoms. The molecule has 2 heterocycles. The van der Waals surface area contributed by atoms with E-state index in [1.54, 1.807) is 0 Å². The minimum absolute atomic E-state index is 0.195. The zero-order valence-corrected chi connectivity index (χ0v) is 8.34. The second-order valence-corrected chi connectivity index (χ2v) is 4.78. The minimum atomic E-state index is 0.195. The molecule has 0 aliphatic carbocycles. The van der Waals surface area contributed by atoms with Crippen molar-refractivity contribution >= 4 is 0 Å². The van der Waals surface area contributed by atoms with Gasteiger partial charge in [0, 0.05) is 0 Å². The van der Waals surface area contributed by atoms with Crippen LogP contribution in [0, 0.1) is 5.92 Å². The van der Waals surface area contributed by atoms with Crippen LogP contribution in [-0.2, 0) is 4.74 Å². The largest absolute Gasteiger partial charge is 0.366 e. The van der Waals surface area contributed by atoms with E-state index in [1.807, 2.05) is 0 Å². The summed E-state index contributed by atoms with van der Waals surface area (Å²) in [5.74, 6) is 0.830.